The molecule has 19 heavy (non-hydrogen) atoms. The molecule has 5 heteroatoms. The highest BCUT2D eigenvalue weighted by Gasteiger charge is 2.44. The van der Waals surface area contributed by atoms with Crippen molar-refractivity contribution in [2.75, 3.05) is 6.61 Å². The summed E-state index contributed by atoms with van der Waals surface area (Å²) in [6.45, 7) is 0.795. The van der Waals surface area contributed by atoms with Crippen LogP contribution >= 0.6 is 23.2 Å². The van der Waals surface area contributed by atoms with Crippen LogP contribution in [0.4, 0.5) is 0 Å². The van der Waals surface area contributed by atoms with Gasteiger partial charge >= 0.3 is 0 Å². The van der Waals surface area contributed by atoms with Crippen LogP contribution in [0.5, 0.6) is 0 Å². The Morgan fingerprint density at radius 3 is 2.84 bits per heavy atom. The van der Waals surface area contributed by atoms with Crippen LogP contribution in [0.25, 0.3) is 0 Å². The fraction of sp³-hybridized carbons (Fsp3) is 0.643. The molecule has 2 fully saturated rings. The highest BCUT2D eigenvalue weighted by molar-refractivity contribution is 6.34. The van der Waals surface area contributed by atoms with Crippen molar-refractivity contribution in [3.05, 3.63) is 28.0 Å². The first-order chi connectivity index (χ1) is 9.10. The molecule has 0 amide bonds. The second-order valence-corrected chi connectivity index (χ2v) is 6.53. The second-order valence-electron chi connectivity index (χ2n) is 5.68. The fourth-order valence-electron chi connectivity index (χ4n) is 3.19. The SMILES string of the molecule is NC(c1ncc(Cl)cc1Cl)C1CCOC2(CCC2)C1. The van der Waals surface area contributed by atoms with Crippen LogP contribution in [0.2, 0.25) is 10.0 Å². The molecule has 104 valence electrons. The van der Waals surface area contributed by atoms with Gasteiger partial charge in [-0.25, -0.2) is 0 Å². The molecule has 0 radical (unpaired) electrons. The molecule has 3 rings (SSSR count). The molecule has 2 unspecified atom stereocenters. The molecule has 1 spiro atoms. The molecule has 0 aromatic carbocycles. The Morgan fingerprint density at radius 1 is 1.42 bits per heavy atom. The van der Waals surface area contributed by atoms with Gasteiger partial charge in [-0.15, -0.1) is 0 Å². The third kappa shape index (κ3) is 2.62. The van der Waals surface area contributed by atoms with E-state index in [1.807, 2.05) is 0 Å². The first kappa shape index (κ1) is 13.6. The zero-order chi connectivity index (χ0) is 13.5. The normalized spacial score (nSPS) is 27.0. The van der Waals surface area contributed by atoms with E-state index in [4.69, 9.17) is 33.7 Å². The van der Waals surface area contributed by atoms with Crippen molar-refractivity contribution in [1.29, 1.82) is 0 Å². The van der Waals surface area contributed by atoms with Gasteiger partial charge in [0.25, 0.3) is 0 Å². The van der Waals surface area contributed by atoms with Crippen molar-refractivity contribution in [1.82, 2.24) is 4.98 Å². The molecule has 2 atom stereocenters. The van der Waals surface area contributed by atoms with Crippen LogP contribution in [0.1, 0.15) is 43.8 Å². The first-order valence-corrected chi connectivity index (χ1v) is 7.56. The van der Waals surface area contributed by atoms with E-state index in [1.54, 1.807) is 12.3 Å². The zero-order valence-electron chi connectivity index (χ0n) is 10.7. The van der Waals surface area contributed by atoms with Gasteiger partial charge in [0.1, 0.15) is 0 Å². The monoisotopic (exact) mass is 300 g/mol. The van der Waals surface area contributed by atoms with Gasteiger partial charge in [-0.05, 0) is 44.1 Å². The minimum Gasteiger partial charge on any atom is -0.375 e. The molecule has 1 aromatic rings. The van der Waals surface area contributed by atoms with Crippen molar-refractivity contribution >= 4 is 23.2 Å². The van der Waals surface area contributed by atoms with Crippen LogP contribution in [0.15, 0.2) is 12.3 Å². The Kier molecular flexibility index (Phi) is 3.73. The van der Waals surface area contributed by atoms with Gasteiger partial charge in [0, 0.05) is 12.8 Å². The van der Waals surface area contributed by atoms with Crippen LogP contribution in [-0.4, -0.2) is 17.2 Å². The molecule has 1 aliphatic heterocycles. The molecule has 1 aromatic heterocycles. The maximum atomic E-state index is 6.37. The van der Waals surface area contributed by atoms with E-state index in [2.05, 4.69) is 4.98 Å². The summed E-state index contributed by atoms with van der Waals surface area (Å²) < 4.78 is 5.94. The number of hydrogen-bond acceptors (Lipinski definition) is 3. The van der Waals surface area contributed by atoms with Gasteiger partial charge in [-0.2, -0.15) is 0 Å². The quantitative estimate of drug-likeness (QED) is 0.905. The highest BCUT2D eigenvalue weighted by atomic mass is 35.5. The smallest absolute Gasteiger partial charge is 0.0760 e. The number of ether oxygens (including phenoxy) is 1. The summed E-state index contributed by atoms with van der Waals surface area (Å²) in [5.41, 5.74) is 7.23. The predicted molar refractivity (Wildman–Crippen MR) is 76.4 cm³/mol. The van der Waals surface area contributed by atoms with E-state index in [0.29, 0.717) is 16.0 Å². The van der Waals surface area contributed by atoms with Crippen molar-refractivity contribution in [3.8, 4) is 0 Å². The Balaban J connectivity index is 1.77. The van der Waals surface area contributed by atoms with Crippen LogP contribution in [0.3, 0.4) is 0 Å². The van der Waals surface area contributed by atoms with E-state index in [1.165, 1.54) is 6.42 Å². The zero-order valence-corrected chi connectivity index (χ0v) is 12.3. The number of aromatic nitrogens is 1. The summed E-state index contributed by atoms with van der Waals surface area (Å²) in [5.74, 6) is 0.389. The van der Waals surface area contributed by atoms with Gasteiger partial charge in [0.15, 0.2) is 0 Å². The number of halogens is 2. The number of pyridine rings is 1. The molecule has 2 heterocycles. The van der Waals surface area contributed by atoms with Gasteiger partial charge < -0.3 is 10.5 Å². The Labute approximate surface area is 123 Å². The number of hydrogen-bond donors (Lipinski definition) is 1. The second kappa shape index (κ2) is 5.21. The lowest BCUT2D eigenvalue weighted by molar-refractivity contribution is -0.146. The summed E-state index contributed by atoms with van der Waals surface area (Å²) in [6.07, 6.45) is 7.21. The lowest BCUT2D eigenvalue weighted by Crippen LogP contribution is -2.47. The van der Waals surface area contributed by atoms with E-state index in [-0.39, 0.29) is 11.6 Å². The van der Waals surface area contributed by atoms with Gasteiger partial charge in [-0.1, -0.05) is 23.2 Å². The van der Waals surface area contributed by atoms with Crippen LogP contribution in [-0.2, 0) is 4.74 Å². The predicted octanol–water partition coefficient (Wildman–Crippen LogP) is 3.74. The lowest BCUT2D eigenvalue weighted by atomic mass is 9.70. The number of nitrogens with zero attached hydrogens (tertiary/aromatic N) is 1. The van der Waals surface area contributed by atoms with E-state index < -0.39 is 0 Å². The topological polar surface area (TPSA) is 48.1 Å². The standard InChI is InChI=1S/C14H18Cl2N2O/c15-10-6-11(16)13(18-8-10)12(17)9-2-5-19-14(7-9)3-1-4-14/h6,8-9,12H,1-5,7,17H2. The lowest BCUT2D eigenvalue weighted by Gasteiger charge is -2.48. The van der Waals surface area contributed by atoms with E-state index in [9.17, 15) is 0 Å². The average molecular weight is 301 g/mol. The Hall–Kier alpha value is -0.350. The van der Waals surface area contributed by atoms with Crippen LogP contribution in [0, 0.1) is 5.92 Å². The molecule has 1 saturated heterocycles. The molecule has 2 aliphatic rings. The Morgan fingerprint density at radius 2 is 2.21 bits per heavy atom. The number of rotatable bonds is 2. The molecule has 2 N–H and O–H groups in total. The maximum Gasteiger partial charge on any atom is 0.0760 e. The molecule has 3 nitrogen and oxygen atoms in total. The summed E-state index contributed by atoms with van der Waals surface area (Å²) in [5, 5.41) is 1.11. The maximum absolute atomic E-state index is 6.37. The third-order valence-electron chi connectivity index (χ3n) is 4.46. The molecule has 0 bridgehead atoms. The fourth-order valence-corrected chi connectivity index (χ4v) is 3.69. The Bertz CT molecular complexity index is 477. The molecular formula is C14H18Cl2N2O. The summed E-state index contributed by atoms with van der Waals surface area (Å²) in [7, 11) is 0. The van der Waals surface area contributed by atoms with Gasteiger partial charge in [-0.3, -0.25) is 4.98 Å². The molecular weight excluding hydrogens is 283 g/mol. The largest absolute Gasteiger partial charge is 0.375 e. The molecule has 1 saturated carbocycles. The average Bonchev–Trinajstić information content (AvgIpc) is 2.36. The van der Waals surface area contributed by atoms with E-state index in [0.717, 1.165) is 38.0 Å². The summed E-state index contributed by atoms with van der Waals surface area (Å²) in [6, 6.07) is 1.58. The van der Waals surface area contributed by atoms with Crippen molar-refractivity contribution in [2.45, 2.75) is 43.7 Å². The van der Waals surface area contributed by atoms with Crippen molar-refractivity contribution in [2.24, 2.45) is 11.7 Å². The minimum absolute atomic E-state index is 0.0967. The first-order valence-electron chi connectivity index (χ1n) is 6.80. The molecule has 1 aliphatic carbocycles. The van der Waals surface area contributed by atoms with Crippen molar-refractivity contribution in [3.63, 3.8) is 0 Å². The third-order valence-corrected chi connectivity index (χ3v) is 4.97. The highest BCUT2D eigenvalue weighted by Crippen LogP contribution is 2.47. The minimum atomic E-state index is -0.133. The number of nitrogens with two attached hydrogens (primary N) is 1. The summed E-state index contributed by atoms with van der Waals surface area (Å²) >= 11 is 12.1. The van der Waals surface area contributed by atoms with Gasteiger partial charge in [0.05, 0.1) is 27.4 Å². The van der Waals surface area contributed by atoms with Gasteiger partial charge in [0.2, 0.25) is 0 Å². The van der Waals surface area contributed by atoms with E-state index >= 15 is 0 Å². The summed E-state index contributed by atoms with van der Waals surface area (Å²) in [4.78, 5) is 4.31. The van der Waals surface area contributed by atoms with Crippen molar-refractivity contribution < 1.29 is 4.74 Å². The van der Waals surface area contributed by atoms with Crippen LogP contribution < -0.4 is 5.73 Å².